The number of hydrogen-bond acceptors (Lipinski definition) is 2. The third-order valence-electron chi connectivity index (χ3n) is 3.63. The van der Waals surface area contributed by atoms with Crippen LogP contribution in [0, 0.1) is 0 Å². The summed E-state index contributed by atoms with van der Waals surface area (Å²) in [6, 6.07) is 7.52. The van der Waals surface area contributed by atoms with E-state index >= 15 is 0 Å². The lowest BCUT2D eigenvalue weighted by molar-refractivity contribution is -0.117. The zero-order chi connectivity index (χ0) is 14.7. The highest BCUT2D eigenvalue weighted by molar-refractivity contribution is 6.30. The second-order valence-electron chi connectivity index (χ2n) is 5.16. The molecule has 1 aliphatic rings. The Morgan fingerprint density at radius 2 is 2.19 bits per heavy atom. The summed E-state index contributed by atoms with van der Waals surface area (Å²) in [6.07, 6.45) is 7.73. The van der Waals surface area contributed by atoms with Crippen LogP contribution < -0.4 is 5.32 Å². The van der Waals surface area contributed by atoms with Crippen LogP contribution in [0.5, 0.6) is 0 Å². The van der Waals surface area contributed by atoms with Crippen LogP contribution >= 0.6 is 11.6 Å². The Morgan fingerprint density at radius 1 is 1.38 bits per heavy atom. The highest BCUT2D eigenvalue weighted by atomic mass is 35.5. The smallest absolute Gasteiger partial charge is 0.244 e. The van der Waals surface area contributed by atoms with Gasteiger partial charge in [0.05, 0.1) is 12.0 Å². The van der Waals surface area contributed by atoms with Gasteiger partial charge in [-0.25, -0.2) is 4.98 Å². The van der Waals surface area contributed by atoms with Crippen molar-refractivity contribution in [1.82, 2.24) is 15.3 Å². The number of aryl methyl sites for hydroxylation is 1. The van der Waals surface area contributed by atoms with Gasteiger partial charge in [-0.15, -0.1) is 0 Å². The van der Waals surface area contributed by atoms with E-state index in [1.165, 1.54) is 5.69 Å². The summed E-state index contributed by atoms with van der Waals surface area (Å²) >= 11 is 5.82. The number of fused-ring (bicyclic) bond motifs is 1. The molecule has 1 atom stereocenters. The van der Waals surface area contributed by atoms with Gasteiger partial charge in [-0.05, 0) is 36.6 Å². The Balaban J connectivity index is 1.56. The van der Waals surface area contributed by atoms with Crippen molar-refractivity contribution >= 4 is 23.6 Å². The first-order chi connectivity index (χ1) is 10.2. The molecule has 0 fully saturated rings. The monoisotopic (exact) mass is 301 g/mol. The van der Waals surface area contributed by atoms with Crippen molar-refractivity contribution in [3.8, 4) is 0 Å². The topological polar surface area (TPSA) is 57.8 Å². The van der Waals surface area contributed by atoms with Gasteiger partial charge in [-0.1, -0.05) is 23.7 Å². The predicted molar refractivity (Wildman–Crippen MR) is 83.0 cm³/mol. The van der Waals surface area contributed by atoms with Gasteiger partial charge in [-0.3, -0.25) is 4.79 Å². The molecular weight excluding hydrogens is 286 g/mol. The molecule has 1 amide bonds. The van der Waals surface area contributed by atoms with E-state index in [0.29, 0.717) is 5.02 Å². The summed E-state index contributed by atoms with van der Waals surface area (Å²) in [6.45, 7) is 0. The fourth-order valence-corrected chi connectivity index (χ4v) is 2.64. The Kier molecular flexibility index (Phi) is 4.06. The van der Waals surface area contributed by atoms with E-state index in [1.807, 2.05) is 12.1 Å². The average Bonchev–Trinajstić information content (AvgIpc) is 2.94. The van der Waals surface area contributed by atoms with Crippen LogP contribution in [-0.4, -0.2) is 21.9 Å². The highest BCUT2D eigenvalue weighted by Gasteiger charge is 2.21. The summed E-state index contributed by atoms with van der Waals surface area (Å²) in [5.74, 6) is -0.0751. The molecule has 1 aromatic heterocycles. The van der Waals surface area contributed by atoms with Crippen LogP contribution in [0.3, 0.4) is 0 Å². The van der Waals surface area contributed by atoms with Crippen LogP contribution in [0.1, 0.15) is 23.4 Å². The Morgan fingerprint density at radius 3 is 3.00 bits per heavy atom. The molecular formula is C16H16ClN3O. The van der Waals surface area contributed by atoms with Crippen molar-refractivity contribution in [3.63, 3.8) is 0 Å². The van der Waals surface area contributed by atoms with E-state index in [-0.39, 0.29) is 11.9 Å². The number of hydrogen-bond donors (Lipinski definition) is 2. The number of nitrogens with zero attached hydrogens (tertiary/aromatic N) is 1. The molecule has 0 saturated carbocycles. The first kappa shape index (κ1) is 13.9. The van der Waals surface area contributed by atoms with Crippen LogP contribution in [-0.2, 0) is 17.6 Å². The molecule has 1 aromatic carbocycles. The van der Waals surface area contributed by atoms with E-state index in [0.717, 1.165) is 30.5 Å². The number of aromatic amines is 1. The minimum Gasteiger partial charge on any atom is -0.349 e. The minimum atomic E-state index is -0.0751. The zero-order valence-electron chi connectivity index (χ0n) is 11.5. The second kappa shape index (κ2) is 6.14. The number of aromatic nitrogens is 2. The van der Waals surface area contributed by atoms with E-state index in [1.54, 1.807) is 30.6 Å². The van der Waals surface area contributed by atoms with Crippen LogP contribution in [0.25, 0.3) is 6.08 Å². The summed E-state index contributed by atoms with van der Waals surface area (Å²) in [7, 11) is 0. The van der Waals surface area contributed by atoms with Gasteiger partial charge in [0.1, 0.15) is 0 Å². The van der Waals surface area contributed by atoms with Crippen molar-refractivity contribution < 1.29 is 4.79 Å². The van der Waals surface area contributed by atoms with Gasteiger partial charge in [-0.2, -0.15) is 0 Å². The fraction of sp³-hybridized carbons (Fsp3) is 0.250. The molecule has 0 aliphatic heterocycles. The van der Waals surface area contributed by atoms with Crippen LogP contribution in [0.15, 0.2) is 36.7 Å². The van der Waals surface area contributed by atoms with Gasteiger partial charge < -0.3 is 10.3 Å². The number of H-pyrrole nitrogens is 1. The SMILES string of the molecule is O=C(C=Cc1ccc(Cl)cc1)NC1CCc2[nH]cnc2C1. The van der Waals surface area contributed by atoms with E-state index < -0.39 is 0 Å². The number of amides is 1. The summed E-state index contributed by atoms with van der Waals surface area (Å²) < 4.78 is 0. The molecule has 4 nitrogen and oxygen atoms in total. The van der Waals surface area contributed by atoms with Gasteiger partial charge in [0.2, 0.25) is 5.91 Å². The van der Waals surface area contributed by atoms with Gasteiger partial charge >= 0.3 is 0 Å². The predicted octanol–water partition coefficient (Wildman–Crippen LogP) is 2.75. The van der Waals surface area contributed by atoms with Crippen LogP contribution in [0.4, 0.5) is 0 Å². The van der Waals surface area contributed by atoms with Gasteiger partial charge in [0, 0.05) is 29.3 Å². The number of carbonyl (C=O) groups excluding carboxylic acids is 1. The summed E-state index contributed by atoms with van der Waals surface area (Å²) in [4.78, 5) is 19.4. The first-order valence-corrected chi connectivity index (χ1v) is 7.34. The maximum absolute atomic E-state index is 11.9. The number of nitrogens with one attached hydrogen (secondary N) is 2. The Hall–Kier alpha value is -2.07. The lowest BCUT2D eigenvalue weighted by Gasteiger charge is -2.21. The quantitative estimate of drug-likeness (QED) is 0.857. The standard InChI is InChI=1S/C16H16ClN3O/c17-12-4-1-11(2-5-12)3-8-16(21)20-13-6-7-14-15(9-13)19-10-18-14/h1-5,8,10,13H,6-7,9H2,(H,18,19)(H,20,21). The largest absolute Gasteiger partial charge is 0.349 e. The molecule has 2 aromatic rings. The molecule has 0 spiro atoms. The molecule has 3 rings (SSSR count). The van der Waals surface area contributed by atoms with Gasteiger partial charge in [0.15, 0.2) is 0 Å². The zero-order valence-corrected chi connectivity index (χ0v) is 12.2. The maximum atomic E-state index is 11.9. The number of benzene rings is 1. The van der Waals surface area contributed by atoms with Crippen molar-refractivity contribution in [1.29, 1.82) is 0 Å². The number of rotatable bonds is 3. The molecule has 21 heavy (non-hydrogen) atoms. The third kappa shape index (κ3) is 3.52. The van der Waals surface area contributed by atoms with Crippen molar-refractivity contribution in [2.24, 2.45) is 0 Å². The Labute approximate surface area is 128 Å². The van der Waals surface area contributed by atoms with E-state index in [4.69, 9.17) is 11.6 Å². The van der Waals surface area contributed by atoms with Gasteiger partial charge in [0.25, 0.3) is 0 Å². The van der Waals surface area contributed by atoms with E-state index in [9.17, 15) is 4.79 Å². The molecule has 0 radical (unpaired) electrons. The molecule has 1 unspecified atom stereocenters. The fourth-order valence-electron chi connectivity index (χ4n) is 2.51. The first-order valence-electron chi connectivity index (χ1n) is 6.96. The molecule has 1 aliphatic carbocycles. The van der Waals surface area contributed by atoms with Crippen LogP contribution in [0.2, 0.25) is 5.02 Å². The average molecular weight is 302 g/mol. The minimum absolute atomic E-state index is 0.0751. The molecule has 0 saturated heterocycles. The molecule has 1 heterocycles. The maximum Gasteiger partial charge on any atom is 0.244 e. The second-order valence-corrected chi connectivity index (χ2v) is 5.60. The summed E-state index contributed by atoms with van der Waals surface area (Å²) in [5, 5.41) is 3.71. The molecule has 5 heteroatoms. The molecule has 0 bridgehead atoms. The van der Waals surface area contributed by atoms with Crippen molar-refractivity contribution in [2.45, 2.75) is 25.3 Å². The Bertz CT molecular complexity index is 660. The highest BCUT2D eigenvalue weighted by Crippen LogP contribution is 2.17. The number of carbonyl (C=O) groups is 1. The van der Waals surface area contributed by atoms with Crippen molar-refractivity contribution in [2.75, 3.05) is 0 Å². The third-order valence-corrected chi connectivity index (χ3v) is 3.89. The number of imidazole rings is 1. The lowest BCUT2D eigenvalue weighted by atomic mass is 9.96. The number of halogens is 1. The molecule has 108 valence electrons. The summed E-state index contributed by atoms with van der Waals surface area (Å²) in [5.41, 5.74) is 3.21. The molecule has 2 N–H and O–H groups in total. The van der Waals surface area contributed by atoms with Crippen molar-refractivity contribution in [3.05, 3.63) is 58.6 Å². The van der Waals surface area contributed by atoms with E-state index in [2.05, 4.69) is 15.3 Å². The lowest BCUT2D eigenvalue weighted by Crippen LogP contribution is -2.38. The normalized spacial score (nSPS) is 17.7.